The standard InChI is InChI=1S/C18H15N3O6/c22-12-6-13(23)11(21(26)27)5-8(12)7-19-20-16(24)14-9-1-2-10(15(14)17(20)25)18(9)3-4-18/h1-2,5-7,9-10,14-15,22-23H,3-4H2/b19-7-/t9-,10+,14-,15-/m0/s1. The molecule has 2 bridgehead atoms. The van der Waals surface area contributed by atoms with Gasteiger partial charge in [0.2, 0.25) is 0 Å². The number of allylic oxidation sites excluding steroid dienone is 2. The minimum Gasteiger partial charge on any atom is -0.507 e. The summed E-state index contributed by atoms with van der Waals surface area (Å²) < 4.78 is 0. The van der Waals surface area contributed by atoms with Crippen molar-refractivity contribution in [3.05, 3.63) is 40.0 Å². The van der Waals surface area contributed by atoms with Crippen LogP contribution < -0.4 is 0 Å². The molecule has 0 radical (unpaired) electrons. The van der Waals surface area contributed by atoms with Crippen LogP contribution in [0.3, 0.4) is 0 Å². The number of rotatable bonds is 3. The Bertz CT molecular complexity index is 946. The molecule has 3 fully saturated rings. The van der Waals surface area contributed by atoms with Gasteiger partial charge in [-0.3, -0.25) is 19.7 Å². The highest BCUT2D eigenvalue weighted by molar-refractivity contribution is 6.07. The van der Waals surface area contributed by atoms with Crippen molar-refractivity contribution in [2.75, 3.05) is 0 Å². The summed E-state index contributed by atoms with van der Waals surface area (Å²) >= 11 is 0. The van der Waals surface area contributed by atoms with Gasteiger partial charge in [0.25, 0.3) is 11.8 Å². The second kappa shape index (κ2) is 4.93. The molecule has 9 heteroatoms. The van der Waals surface area contributed by atoms with E-state index in [9.17, 15) is 29.9 Å². The fraction of sp³-hybridized carbons (Fsp3) is 0.389. The van der Waals surface area contributed by atoms with Gasteiger partial charge >= 0.3 is 5.69 Å². The average molecular weight is 369 g/mol. The number of amides is 2. The van der Waals surface area contributed by atoms with Crippen molar-refractivity contribution in [1.82, 2.24) is 5.01 Å². The zero-order valence-electron chi connectivity index (χ0n) is 14.0. The summed E-state index contributed by atoms with van der Waals surface area (Å²) in [5.41, 5.74) is -0.591. The molecule has 3 aliphatic carbocycles. The minimum absolute atomic E-state index is 0.0723. The number of nitrogens with zero attached hydrogens (tertiary/aromatic N) is 3. The molecule has 1 saturated heterocycles. The molecule has 4 aliphatic rings. The Morgan fingerprint density at radius 3 is 2.22 bits per heavy atom. The average Bonchev–Trinajstić information content (AvgIpc) is 3.21. The number of carbonyl (C=O) groups is 2. The van der Waals surface area contributed by atoms with Crippen molar-refractivity contribution in [1.29, 1.82) is 0 Å². The number of phenolic OH excluding ortho intramolecular Hbond substituents is 2. The lowest BCUT2D eigenvalue weighted by atomic mass is 9.85. The van der Waals surface area contributed by atoms with Crippen molar-refractivity contribution in [2.45, 2.75) is 12.8 Å². The van der Waals surface area contributed by atoms with E-state index in [0.29, 0.717) is 0 Å². The van der Waals surface area contributed by atoms with Crippen LogP contribution in [0.4, 0.5) is 5.69 Å². The summed E-state index contributed by atoms with van der Waals surface area (Å²) in [4.78, 5) is 35.7. The lowest BCUT2D eigenvalue weighted by Gasteiger charge is -2.18. The van der Waals surface area contributed by atoms with E-state index < -0.39 is 33.9 Å². The van der Waals surface area contributed by atoms with Gasteiger partial charge in [0.1, 0.15) is 5.75 Å². The van der Waals surface area contributed by atoms with Crippen molar-refractivity contribution in [3.8, 4) is 11.5 Å². The molecule has 138 valence electrons. The Hall–Kier alpha value is -3.23. The molecule has 1 aromatic carbocycles. The summed E-state index contributed by atoms with van der Waals surface area (Å²) in [6.45, 7) is 0. The molecule has 5 rings (SSSR count). The third-order valence-electron chi connectivity index (χ3n) is 6.46. The van der Waals surface area contributed by atoms with Crippen LogP contribution in [0.2, 0.25) is 0 Å². The van der Waals surface area contributed by atoms with Crippen LogP contribution >= 0.6 is 0 Å². The number of fused-ring (bicyclic) bond motifs is 3. The highest BCUT2D eigenvalue weighted by Crippen LogP contribution is 2.73. The van der Waals surface area contributed by atoms with Crippen LogP contribution in [0, 0.1) is 39.2 Å². The Morgan fingerprint density at radius 2 is 1.70 bits per heavy atom. The van der Waals surface area contributed by atoms with E-state index in [1.807, 2.05) is 12.2 Å². The number of hydrogen-bond donors (Lipinski definition) is 2. The van der Waals surface area contributed by atoms with E-state index in [1.54, 1.807) is 0 Å². The molecule has 9 nitrogen and oxygen atoms in total. The molecule has 2 N–H and O–H groups in total. The third-order valence-corrected chi connectivity index (χ3v) is 6.46. The van der Waals surface area contributed by atoms with Gasteiger partial charge in [0, 0.05) is 17.7 Å². The van der Waals surface area contributed by atoms with Crippen LogP contribution in [-0.2, 0) is 9.59 Å². The zero-order chi connectivity index (χ0) is 19.1. The maximum atomic E-state index is 12.8. The number of hydrazone groups is 1. The van der Waals surface area contributed by atoms with Crippen LogP contribution in [0.5, 0.6) is 11.5 Å². The van der Waals surface area contributed by atoms with Gasteiger partial charge in [0.05, 0.1) is 23.0 Å². The van der Waals surface area contributed by atoms with Gasteiger partial charge in [-0.25, -0.2) is 0 Å². The summed E-state index contributed by atoms with van der Waals surface area (Å²) in [6.07, 6.45) is 7.20. The fourth-order valence-corrected chi connectivity index (χ4v) is 5.13. The lowest BCUT2D eigenvalue weighted by molar-refractivity contribution is -0.385. The first kappa shape index (κ1) is 16.0. The monoisotopic (exact) mass is 369 g/mol. The van der Waals surface area contributed by atoms with Gasteiger partial charge in [-0.05, 0) is 30.1 Å². The topological polar surface area (TPSA) is 133 Å². The Morgan fingerprint density at radius 1 is 1.11 bits per heavy atom. The highest BCUT2D eigenvalue weighted by Gasteiger charge is 2.73. The smallest absolute Gasteiger partial charge is 0.311 e. The maximum absolute atomic E-state index is 12.8. The van der Waals surface area contributed by atoms with Crippen molar-refractivity contribution in [3.63, 3.8) is 0 Å². The molecule has 1 heterocycles. The van der Waals surface area contributed by atoms with Crippen molar-refractivity contribution in [2.24, 2.45) is 34.2 Å². The fourth-order valence-electron chi connectivity index (χ4n) is 5.13. The van der Waals surface area contributed by atoms with E-state index >= 15 is 0 Å². The van der Waals surface area contributed by atoms with Gasteiger partial charge in [0.15, 0.2) is 5.75 Å². The Balaban J connectivity index is 1.45. The van der Waals surface area contributed by atoms with Gasteiger partial charge in [-0.2, -0.15) is 10.1 Å². The zero-order valence-corrected chi connectivity index (χ0v) is 14.0. The number of phenols is 2. The predicted molar refractivity (Wildman–Crippen MR) is 90.6 cm³/mol. The quantitative estimate of drug-likeness (QED) is 0.273. The molecule has 0 aromatic heterocycles. The van der Waals surface area contributed by atoms with E-state index in [-0.39, 0.29) is 34.6 Å². The molecular weight excluding hydrogens is 354 g/mol. The van der Waals surface area contributed by atoms with E-state index in [0.717, 1.165) is 36.2 Å². The van der Waals surface area contributed by atoms with E-state index in [4.69, 9.17) is 0 Å². The molecule has 1 aromatic rings. The summed E-state index contributed by atoms with van der Waals surface area (Å²) in [7, 11) is 0. The summed E-state index contributed by atoms with van der Waals surface area (Å²) in [6, 6.07) is 1.76. The predicted octanol–water partition coefficient (Wildman–Crippen LogP) is 1.54. The number of aromatic hydroxyl groups is 2. The molecule has 4 atom stereocenters. The molecule has 1 aliphatic heterocycles. The second-order valence-corrected chi connectivity index (χ2v) is 7.61. The van der Waals surface area contributed by atoms with Gasteiger partial charge in [-0.1, -0.05) is 12.2 Å². The summed E-state index contributed by atoms with van der Waals surface area (Å²) in [5, 5.41) is 35.0. The van der Waals surface area contributed by atoms with Crippen molar-refractivity contribution < 1.29 is 24.7 Å². The molecular formula is C18H15N3O6. The molecule has 2 amide bonds. The third kappa shape index (κ3) is 1.91. The second-order valence-electron chi connectivity index (χ2n) is 7.61. The lowest BCUT2D eigenvalue weighted by Crippen LogP contribution is -2.30. The first-order valence-electron chi connectivity index (χ1n) is 8.65. The van der Waals surface area contributed by atoms with Crippen LogP contribution in [-0.4, -0.2) is 38.2 Å². The minimum atomic E-state index is -0.804. The maximum Gasteiger partial charge on any atom is 0.311 e. The number of nitro groups is 1. The normalized spacial score (nSPS) is 32.1. The highest BCUT2D eigenvalue weighted by atomic mass is 16.6. The largest absolute Gasteiger partial charge is 0.507 e. The first-order chi connectivity index (χ1) is 12.8. The molecule has 27 heavy (non-hydrogen) atoms. The number of hydrogen-bond acceptors (Lipinski definition) is 7. The SMILES string of the molecule is O=C1[C@@H]2[C@@H](C(=O)N1/N=C\c1cc([N+](=O)[O-])c(O)cc1O)[C@@H]1C=C[C@H]2C12CC2. The molecule has 2 saturated carbocycles. The number of carbonyl (C=O) groups excluding carboxylic acids is 2. The number of benzene rings is 1. The van der Waals surface area contributed by atoms with Crippen molar-refractivity contribution >= 4 is 23.7 Å². The van der Waals surface area contributed by atoms with Gasteiger partial charge in [-0.15, -0.1) is 0 Å². The van der Waals surface area contributed by atoms with Crippen LogP contribution in [0.15, 0.2) is 29.4 Å². The van der Waals surface area contributed by atoms with E-state index in [1.165, 1.54) is 0 Å². The summed E-state index contributed by atoms with van der Waals surface area (Å²) in [5.74, 6) is -2.49. The van der Waals surface area contributed by atoms with Gasteiger partial charge < -0.3 is 10.2 Å². The first-order valence-corrected chi connectivity index (χ1v) is 8.65. The number of nitro benzene ring substituents is 1. The Labute approximate surface area is 152 Å². The number of imide groups is 1. The van der Waals surface area contributed by atoms with Crippen LogP contribution in [0.25, 0.3) is 0 Å². The molecule has 0 unspecified atom stereocenters. The van der Waals surface area contributed by atoms with Crippen LogP contribution in [0.1, 0.15) is 18.4 Å². The Kier molecular flexibility index (Phi) is 2.92. The molecule has 1 spiro atoms. The van der Waals surface area contributed by atoms with E-state index in [2.05, 4.69) is 5.10 Å².